The van der Waals surface area contributed by atoms with Crippen LogP contribution in [0.15, 0.2) is 55.0 Å². The summed E-state index contributed by atoms with van der Waals surface area (Å²) in [6.07, 6.45) is 4.33. The molecule has 2 N–H and O–H groups in total. The Balaban J connectivity index is 0.00000256. The van der Waals surface area contributed by atoms with E-state index in [0.717, 1.165) is 6.20 Å². The van der Waals surface area contributed by atoms with E-state index < -0.39 is 11.7 Å². The van der Waals surface area contributed by atoms with Crippen LogP contribution in [0.2, 0.25) is 0 Å². The molecule has 0 spiro atoms. The first-order chi connectivity index (χ1) is 14.1. The summed E-state index contributed by atoms with van der Waals surface area (Å²) in [5.41, 5.74) is 2.28. The molecule has 0 saturated heterocycles. The Hall–Kier alpha value is -3.99. The highest BCUT2D eigenvalue weighted by Crippen LogP contribution is 2.30. The van der Waals surface area contributed by atoms with Crippen LogP contribution in [0.1, 0.15) is 17.5 Å². The molecule has 1 amide bonds. The Labute approximate surface area is 165 Å². The minimum atomic E-state index is -0.504. The fourth-order valence-corrected chi connectivity index (χ4v) is 3.20. The molecule has 29 heavy (non-hydrogen) atoms. The number of rotatable bonds is 5. The Morgan fingerprint density at radius 3 is 2.76 bits per heavy atom. The number of aromatic amines is 2. The second kappa shape index (κ2) is 7.56. The summed E-state index contributed by atoms with van der Waals surface area (Å²) in [7, 11) is 0. The van der Waals surface area contributed by atoms with Crippen LogP contribution in [0, 0.1) is 23.0 Å². The number of carbonyl (C=O) groups excluding carboxylic acids is 1. The normalized spacial score (nSPS) is 10.8. The zero-order valence-corrected chi connectivity index (χ0v) is 15.1. The van der Waals surface area contributed by atoms with Gasteiger partial charge in [0.1, 0.15) is 29.5 Å². The van der Waals surface area contributed by atoms with Crippen LogP contribution in [-0.4, -0.2) is 32.3 Å². The van der Waals surface area contributed by atoms with E-state index in [0.29, 0.717) is 27.7 Å². The van der Waals surface area contributed by atoms with E-state index in [1.165, 1.54) is 17.0 Å². The molecule has 0 radical (unpaired) electrons. The van der Waals surface area contributed by atoms with Crippen molar-refractivity contribution < 1.29 is 15.0 Å². The molecule has 0 unspecified atom stereocenters. The first-order valence-corrected chi connectivity index (χ1v) is 8.78. The predicted molar refractivity (Wildman–Crippen MR) is 105 cm³/mol. The van der Waals surface area contributed by atoms with Gasteiger partial charge in [0.2, 0.25) is 0 Å². The van der Waals surface area contributed by atoms with E-state index in [9.17, 15) is 13.6 Å². The number of hydrogen-bond acceptors (Lipinski definition) is 3. The molecule has 0 bridgehead atoms. The molecular weight excluding hydrogens is 376 g/mol. The average Bonchev–Trinajstić information content (AvgIpc) is 3.38. The molecule has 4 rings (SSSR count). The number of aromatic nitrogens is 3. The smallest absolute Gasteiger partial charge is 0.271 e. The maximum Gasteiger partial charge on any atom is 0.271 e. The first-order valence-electron chi connectivity index (χ1n) is 8.78. The van der Waals surface area contributed by atoms with Gasteiger partial charge in [-0.15, -0.1) is 0 Å². The standard InChI is InChI=1S/C21H15F2N5O.H2/c22-15-3-1-13(2-4-15)12-28(8-6-24)21(29)18-9-14(10-26-18)19-16-5-7-25-20(16)27-11-17(19)23;/h1-5,7,9-11,26H,8,12H2,(H,25,27);1H. The largest absolute Gasteiger partial charge is 0.357 e. The van der Waals surface area contributed by atoms with E-state index in [1.807, 2.05) is 6.07 Å². The van der Waals surface area contributed by atoms with Crippen molar-refractivity contribution in [3.8, 4) is 17.2 Å². The van der Waals surface area contributed by atoms with Crippen LogP contribution in [0.5, 0.6) is 0 Å². The Bertz CT molecular complexity index is 1230. The number of nitrogens with one attached hydrogen (secondary N) is 2. The van der Waals surface area contributed by atoms with E-state index in [2.05, 4.69) is 15.0 Å². The van der Waals surface area contributed by atoms with Gasteiger partial charge < -0.3 is 14.9 Å². The van der Waals surface area contributed by atoms with Gasteiger partial charge in [-0.3, -0.25) is 4.79 Å². The Morgan fingerprint density at radius 1 is 1.21 bits per heavy atom. The third-order valence-electron chi connectivity index (χ3n) is 4.58. The van der Waals surface area contributed by atoms with Gasteiger partial charge in [-0.1, -0.05) is 12.1 Å². The second-order valence-electron chi connectivity index (χ2n) is 6.47. The van der Waals surface area contributed by atoms with Crippen molar-refractivity contribution in [2.45, 2.75) is 6.54 Å². The van der Waals surface area contributed by atoms with E-state index >= 15 is 0 Å². The van der Waals surface area contributed by atoms with Gasteiger partial charge in [-0.05, 0) is 29.8 Å². The van der Waals surface area contributed by atoms with Gasteiger partial charge in [0.05, 0.1) is 12.3 Å². The van der Waals surface area contributed by atoms with E-state index in [-0.39, 0.29) is 26.0 Å². The third kappa shape index (κ3) is 3.58. The number of pyridine rings is 1. The molecule has 3 heterocycles. The molecule has 146 valence electrons. The van der Waals surface area contributed by atoms with Crippen LogP contribution >= 0.6 is 0 Å². The van der Waals surface area contributed by atoms with Crippen LogP contribution in [0.3, 0.4) is 0 Å². The summed E-state index contributed by atoms with van der Waals surface area (Å²) in [4.78, 5) is 24.0. The topological polar surface area (TPSA) is 88.6 Å². The van der Waals surface area contributed by atoms with Crippen molar-refractivity contribution in [2.24, 2.45) is 0 Å². The number of benzene rings is 1. The number of nitrogens with zero attached hydrogens (tertiary/aromatic N) is 3. The molecule has 6 nitrogen and oxygen atoms in total. The summed E-state index contributed by atoms with van der Waals surface area (Å²) < 4.78 is 27.5. The molecule has 0 saturated carbocycles. The van der Waals surface area contributed by atoms with Crippen molar-refractivity contribution in [3.05, 3.63) is 77.9 Å². The lowest BCUT2D eigenvalue weighted by Gasteiger charge is -2.19. The second-order valence-corrected chi connectivity index (χ2v) is 6.47. The molecule has 0 fully saturated rings. The van der Waals surface area contributed by atoms with Crippen molar-refractivity contribution in [1.29, 1.82) is 5.26 Å². The lowest BCUT2D eigenvalue weighted by molar-refractivity contribution is 0.0760. The van der Waals surface area contributed by atoms with Crippen molar-refractivity contribution >= 4 is 16.9 Å². The summed E-state index contributed by atoms with van der Waals surface area (Å²) in [5, 5.41) is 9.69. The lowest BCUT2D eigenvalue weighted by Crippen LogP contribution is -2.31. The zero-order valence-electron chi connectivity index (χ0n) is 15.1. The molecule has 3 aromatic heterocycles. The Kier molecular flexibility index (Phi) is 4.79. The number of fused-ring (bicyclic) bond motifs is 1. The Morgan fingerprint density at radius 2 is 2.00 bits per heavy atom. The van der Waals surface area contributed by atoms with Crippen molar-refractivity contribution in [3.63, 3.8) is 0 Å². The van der Waals surface area contributed by atoms with Gasteiger partial charge in [-0.2, -0.15) is 5.26 Å². The molecule has 0 aliphatic rings. The summed E-state index contributed by atoms with van der Waals surface area (Å²) in [6.45, 7) is 0.00291. The van der Waals surface area contributed by atoms with Gasteiger partial charge in [0.25, 0.3) is 5.91 Å². The molecule has 0 aliphatic heterocycles. The number of halogens is 2. The van der Waals surface area contributed by atoms with Gasteiger partial charge in [0.15, 0.2) is 0 Å². The van der Waals surface area contributed by atoms with Crippen LogP contribution < -0.4 is 0 Å². The fraction of sp³-hybridized carbons (Fsp3) is 0.0952. The molecule has 0 atom stereocenters. The monoisotopic (exact) mass is 393 g/mol. The minimum Gasteiger partial charge on any atom is -0.357 e. The quantitative estimate of drug-likeness (QED) is 0.497. The van der Waals surface area contributed by atoms with E-state index in [1.54, 1.807) is 36.7 Å². The first kappa shape index (κ1) is 18.4. The summed E-state index contributed by atoms with van der Waals surface area (Å²) in [5.74, 6) is -1.30. The maximum atomic E-state index is 14.4. The molecule has 4 aromatic rings. The molecule has 0 aliphatic carbocycles. The minimum absolute atomic E-state index is 0. The van der Waals surface area contributed by atoms with Gasteiger partial charge in [-0.25, -0.2) is 13.8 Å². The number of amides is 1. The maximum absolute atomic E-state index is 14.4. The number of carbonyl (C=O) groups is 1. The van der Waals surface area contributed by atoms with E-state index in [4.69, 9.17) is 5.26 Å². The third-order valence-corrected chi connectivity index (χ3v) is 4.58. The lowest BCUT2D eigenvalue weighted by atomic mass is 10.1. The number of nitriles is 1. The highest BCUT2D eigenvalue weighted by atomic mass is 19.1. The van der Waals surface area contributed by atoms with Crippen LogP contribution in [-0.2, 0) is 6.54 Å². The highest BCUT2D eigenvalue weighted by molar-refractivity contribution is 5.97. The highest BCUT2D eigenvalue weighted by Gasteiger charge is 2.20. The SMILES string of the molecule is N#CCN(Cc1ccc(F)cc1)C(=O)c1cc(-c2c(F)cnc3[nH]ccc23)c[nH]1.[HH]. The zero-order chi connectivity index (χ0) is 20.4. The summed E-state index contributed by atoms with van der Waals surface area (Å²) in [6, 6.07) is 10.9. The fourth-order valence-electron chi connectivity index (χ4n) is 3.20. The molecule has 1 aromatic carbocycles. The van der Waals surface area contributed by atoms with Gasteiger partial charge in [0, 0.05) is 36.9 Å². The van der Waals surface area contributed by atoms with Crippen LogP contribution in [0.25, 0.3) is 22.2 Å². The molecular formula is C21H17F2N5O. The number of hydrogen-bond donors (Lipinski definition) is 2. The van der Waals surface area contributed by atoms with Crippen molar-refractivity contribution in [1.82, 2.24) is 19.9 Å². The average molecular weight is 393 g/mol. The van der Waals surface area contributed by atoms with Gasteiger partial charge >= 0.3 is 0 Å². The molecule has 8 heteroatoms. The number of H-pyrrole nitrogens is 2. The van der Waals surface area contributed by atoms with Crippen LogP contribution in [0.4, 0.5) is 8.78 Å². The summed E-state index contributed by atoms with van der Waals surface area (Å²) >= 11 is 0. The predicted octanol–water partition coefficient (Wildman–Crippen LogP) is 4.25. The van der Waals surface area contributed by atoms with Crippen molar-refractivity contribution in [2.75, 3.05) is 6.54 Å².